The summed E-state index contributed by atoms with van der Waals surface area (Å²) < 4.78 is 5.34. The molecular formula is C14H30N2O2. The Morgan fingerprint density at radius 2 is 1.78 bits per heavy atom. The average Bonchev–Trinajstić information content (AvgIpc) is 2.21. The molecule has 18 heavy (non-hydrogen) atoms. The maximum absolute atomic E-state index is 11.7. The highest BCUT2D eigenvalue weighted by Crippen LogP contribution is 2.07. The fourth-order valence-corrected chi connectivity index (χ4v) is 1.68. The molecule has 0 saturated heterocycles. The van der Waals surface area contributed by atoms with Crippen molar-refractivity contribution in [2.75, 3.05) is 32.7 Å². The summed E-state index contributed by atoms with van der Waals surface area (Å²) in [5.74, 6) is -0.133. The van der Waals surface area contributed by atoms with E-state index in [1.807, 2.05) is 20.8 Å². The van der Waals surface area contributed by atoms with Gasteiger partial charge in [0.25, 0.3) is 0 Å². The molecule has 0 saturated carbocycles. The minimum atomic E-state index is -0.393. The SMILES string of the molecule is CCCNCCN(CCC)CC(=O)OC(C)(C)C. The summed E-state index contributed by atoms with van der Waals surface area (Å²) in [5, 5.41) is 3.35. The van der Waals surface area contributed by atoms with Gasteiger partial charge in [0.1, 0.15) is 5.60 Å². The Morgan fingerprint density at radius 3 is 2.28 bits per heavy atom. The van der Waals surface area contributed by atoms with E-state index in [-0.39, 0.29) is 5.97 Å². The molecular weight excluding hydrogens is 228 g/mol. The molecule has 4 nitrogen and oxygen atoms in total. The number of nitrogens with one attached hydrogen (secondary N) is 1. The van der Waals surface area contributed by atoms with Gasteiger partial charge in [-0.15, -0.1) is 0 Å². The Bertz CT molecular complexity index is 224. The van der Waals surface area contributed by atoms with Crippen molar-refractivity contribution < 1.29 is 9.53 Å². The summed E-state index contributed by atoms with van der Waals surface area (Å²) in [6, 6.07) is 0. The Labute approximate surface area is 112 Å². The minimum absolute atomic E-state index is 0.133. The largest absolute Gasteiger partial charge is 0.459 e. The van der Waals surface area contributed by atoms with Crippen LogP contribution in [0, 0.1) is 0 Å². The first-order valence-corrected chi connectivity index (χ1v) is 7.04. The lowest BCUT2D eigenvalue weighted by Crippen LogP contribution is -2.39. The van der Waals surface area contributed by atoms with Crippen LogP contribution in [-0.4, -0.2) is 49.2 Å². The third-order valence-electron chi connectivity index (χ3n) is 2.34. The Balaban J connectivity index is 3.98. The molecule has 0 rings (SSSR count). The van der Waals surface area contributed by atoms with E-state index in [9.17, 15) is 4.79 Å². The second-order valence-corrected chi connectivity index (χ2v) is 5.61. The summed E-state index contributed by atoms with van der Waals surface area (Å²) in [7, 11) is 0. The topological polar surface area (TPSA) is 41.6 Å². The predicted molar refractivity (Wildman–Crippen MR) is 75.7 cm³/mol. The third kappa shape index (κ3) is 10.5. The molecule has 0 aromatic rings. The van der Waals surface area contributed by atoms with Gasteiger partial charge in [-0.2, -0.15) is 0 Å². The lowest BCUT2D eigenvalue weighted by Gasteiger charge is -2.24. The number of ether oxygens (including phenoxy) is 1. The van der Waals surface area contributed by atoms with E-state index in [0.29, 0.717) is 6.54 Å². The standard InChI is InChI=1S/C14H30N2O2/c1-6-8-15-9-11-16(10-7-2)12-13(17)18-14(3,4)5/h15H,6-12H2,1-5H3. The molecule has 0 aliphatic rings. The highest BCUT2D eigenvalue weighted by atomic mass is 16.6. The van der Waals surface area contributed by atoms with Gasteiger partial charge < -0.3 is 10.1 Å². The Morgan fingerprint density at radius 1 is 1.11 bits per heavy atom. The van der Waals surface area contributed by atoms with Crippen molar-refractivity contribution in [1.82, 2.24) is 10.2 Å². The van der Waals surface area contributed by atoms with Crippen LogP contribution in [0.2, 0.25) is 0 Å². The molecule has 0 heterocycles. The molecule has 0 amide bonds. The molecule has 4 heteroatoms. The Kier molecular flexibility index (Phi) is 9.02. The lowest BCUT2D eigenvalue weighted by atomic mass is 10.2. The molecule has 0 bridgehead atoms. The van der Waals surface area contributed by atoms with Crippen LogP contribution < -0.4 is 5.32 Å². The maximum atomic E-state index is 11.7. The zero-order chi connectivity index (χ0) is 14.0. The van der Waals surface area contributed by atoms with Crippen LogP contribution in [-0.2, 0) is 9.53 Å². The van der Waals surface area contributed by atoms with Gasteiger partial charge in [0, 0.05) is 13.1 Å². The van der Waals surface area contributed by atoms with Crippen LogP contribution in [0.15, 0.2) is 0 Å². The molecule has 0 aromatic carbocycles. The molecule has 0 unspecified atom stereocenters. The summed E-state index contributed by atoms with van der Waals surface area (Å²) in [6.45, 7) is 14.2. The molecule has 0 aliphatic heterocycles. The van der Waals surface area contributed by atoms with Crippen LogP contribution in [0.5, 0.6) is 0 Å². The Hall–Kier alpha value is -0.610. The molecule has 0 radical (unpaired) electrons. The highest BCUT2D eigenvalue weighted by Gasteiger charge is 2.18. The van der Waals surface area contributed by atoms with E-state index >= 15 is 0 Å². The highest BCUT2D eigenvalue weighted by molar-refractivity contribution is 5.72. The van der Waals surface area contributed by atoms with Crippen molar-refractivity contribution in [3.05, 3.63) is 0 Å². The zero-order valence-corrected chi connectivity index (χ0v) is 12.7. The van der Waals surface area contributed by atoms with E-state index in [0.717, 1.165) is 39.0 Å². The molecule has 0 fully saturated rings. The van der Waals surface area contributed by atoms with E-state index < -0.39 is 5.60 Å². The van der Waals surface area contributed by atoms with Crippen molar-refractivity contribution in [1.29, 1.82) is 0 Å². The lowest BCUT2D eigenvalue weighted by molar-refractivity contribution is -0.156. The van der Waals surface area contributed by atoms with Gasteiger partial charge in [-0.25, -0.2) is 0 Å². The van der Waals surface area contributed by atoms with E-state index in [1.165, 1.54) is 0 Å². The molecule has 0 aliphatic carbocycles. The van der Waals surface area contributed by atoms with Crippen LogP contribution >= 0.6 is 0 Å². The van der Waals surface area contributed by atoms with E-state index in [4.69, 9.17) is 4.74 Å². The number of esters is 1. The predicted octanol–water partition coefficient (Wildman–Crippen LogP) is 2.04. The van der Waals surface area contributed by atoms with Crippen molar-refractivity contribution in [3.8, 4) is 0 Å². The first-order valence-electron chi connectivity index (χ1n) is 7.04. The molecule has 0 atom stereocenters. The molecule has 0 aromatic heterocycles. The summed E-state index contributed by atoms with van der Waals surface area (Å²) in [6.07, 6.45) is 2.19. The second-order valence-electron chi connectivity index (χ2n) is 5.61. The number of rotatable bonds is 9. The molecule has 0 spiro atoms. The average molecular weight is 258 g/mol. The van der Waals surface area contributed by atoms with Crippen molar-refractivity contribution in [3.63, 3.8) is 0 Å². The summed E-state index contributed by atoms with van der Waals surface area (Å²) >= 11 is 0. The maximum Gasteiger partial charge on any atom is 0.320 e. The first kappa shape index (κ1) is 17.4. The van der Waals surface area contributed by atoms with Gasteiger partial charge in [0.15, 0.2) is 0 Å². The number of nitrogens with zero attached hydrogens (tertiary/aromatic N) is 1. The van der Waals surface area contributed by atoms with Gasteiger partial charge in [-0.05, 0) is 46.7 Å². The number of hydrogen-bond acceptors (Lipinski definition) is 4. The third-order valence-corrected chi connectivity index (χ3v) is 2.34. The van der Waals surface area contributed by atoms with Crippen molar-refractivity contribution in [2.45, 2.75) is 53.1 Å². The van der Waals surface area contributed by atoms with Crippen molar-refractivity contribution in [2.24, 2.45) is 0 Å². The van der Waals surface area contributed by atoms with Gasteiger partial charge >= 0.3 is 5.97 Å². The van der Waals surface area contributed by atoms with Crippen LogP contribution in [0.1, 0.15) is 47.5 Å². The van der Waals surface area contributed by atoms with Crippen LogP contribution in [0.25, 0.3) is 0 Å². The fourth-order valence-electron chi connectivity index (χ4n) is 1.68. The zero-order valence-electron chi connectivity index (χ0n) is 12.7. The van der Waals surface area contributed by atoms with Gasteiger partial charge in [-0.3, -0.25) is 9.69 Å². The quantitative estimate of drug-likeness (QED) is 0.507. The van der Waals surface area contributed by atoms with E-state index in [2.05, 4.69) is 24.1 Å². The molecule has 1 N–H and O–H groups in total. The molecule has 108 valence electrons. The van der Waals surface area contributed by atoms with Gasteiger partial charge in [-0.1, -0.05) is 13.8 Å². The van der Waals surface area contributed by atoms with Crippen molar-refractivity contribution >= 4 is 5.97 Å². The number of hydrogen-bond donors (Lipinski definition) is 1. The summed E-state index contributed by atoms with van der Waals surface area (Å²) in [5.41, 5.74) is -0.393. The van der Waals surface area contributed by atoms with E-state index in [1.54, 1.807) is 0 Å². The van der Waals surface area contributed by atoms with Gasteiger partial charge in [0.2, 0.25) is 0 Å². The smallest absolute Gasteiger partial charge is 0.320 e. The van der Waals surface area contributed by atoms with Crippen LogP contribution in [0.3, 0.4) is 0 Å². The second kappa shape index (κ2) is 9.34. The monoisotopic (exact) mass is 258 g/mol. The van der Waals surface area contributed by atoms with Crippen LogP contribution in [0.4, 0.5) is 0 Å². The van der Waals surface area contributed by atoms with Gasteiger partial charge in [0.05, 0.1) is 6.54 Å². The normalized spacial score (nSPS) is 11.9. The fraction of sp³-hybridized carbons (Fsp3) is 0.929. The number of carbonyl (C=O) groups is 1. The first-order chi connectivity index (χ1) is 8.39. The minimum Gasteiger partial charge on any atom is -0.459 e. The number of carbonyl (C=O) groups excluding carboxylic acids is 1. The summed E-state index contributed by atoms with van der Waals surface area (Å²) in [4.78, 5) is 13.9.